The molecule has 0 amide bonds. The molecule has 3 aliphatic heterocycles. The molecule has 15 heteroatoms. The largest absolute Gasteiger partial charge is 0.462 e. The second-order valence-corrected chi connectivity index (χ2v) is 16.6. The molecule has 56 heavy (non-hydrogen) atoms. The van der Waals surface area contributed by atoms with E-state index in [1.54, 1.807) is 71.8 Å². The number of hydrogen-bond donors (Lipinski definition) is 3. The average molecular weight is 798 g/mol. The number of likely N-dealkylation sites (N-methyl/N-ethyl adjacent to an activating group) is 1. The van der Waals surface area contributed by atoms with Crippen LogP contribution >= 0.6 is 0 Å². The number of carbonyl (C=O) groups is 4. The van der Waals surface area contributed by atoms with Crippen molar-refractivity contribution in [1.82, 2.24) is 4.90 Å². The molecule has 0 radical (unpaired) electrons. The molecule has 3 N–H and O–H groups in total. The number of aldehydes is 1. The number of ether oxygens (including phenoxy) is 7. The predicted octanol–water partition coefficient (Wildman–Crippen LogP) is 3.04. The summed E-state index contributed by atoms with van der Waals surface area (Å²) < 4.78 is 42.3. The first-order valence-electron chi connectivity index (χ1n) is 19.9. The number of methoxy groups -OCH3 is 1. The van der Waals surface area contributed by atoms with Crippen molar-refractivity contribution in [3.05, 3.63) is 24.3 Å². The van der Waals surface area contributed by atoms with E-state index in [2.05, 4.69) is 0 Å². The Morgan fingerprint density at radius 3 is 2.34 bits per heavy atom. The van der Waals surface area contributed by atoms with E-state index < -0.39 is 109 Å². The molecule has 3 heterocycles. The van der Waals surface area contributed by atoms with Gasteiger partial charge in [0.05, 0.1) is 36.9 Å². The maximum absolute atomic E-state index is 13.0. The van der Waals surface area contributed by atoms with Gasteiger partial charge in [0, 0.05) is 38.7 Å². The zero-order chi connectivity index (χ0) is 41.9. The topological polar surface area (TPSA) is 197 Å². The summed E-state index contributed by atoms with van der Waals surface area (Å²) in [6.07, 6.45) is -2.80. The smallest absolute Gasteiger partial charge is 0.308 e. The van der Waals surface area contributed by atoms with Gasteiger partial charge in [0.25, 0.3) is 0 Å². The number of aliphatic hydroxyl groups excluding tert-OH is 2. The summed E-state index contributed by atoms with van der Waals surface area (Å²) in [5.74, 6) is -1.98. The Hall–Kier alpha value is -2.60. The van der Waals surface area contributed by atoms with Gasteiger partial charge in [-0.3, -0.25) is 14.4 Å². The molecule has 0 aliphatic carbocycles. The normalized spacial score (nSPS) is 39.6. The number of cyclic esters (lactones) is 1. The van der Waals surface area contributed by atoms with E-state index >= 15 is 0 Å². The number of aliphatic hydroxyl groups is 3. The van der Waals surface area contributed by atoms with Crippen LogP contribution in [0.3, 0.4) is 0 Å². The highest BCUT2D eigenvalue weighted by Crippen LogP contribution is 2.37. The van der Waals surface area contributed by atoms with E-state index in [4.69, 9.17) is 33.2 Å². The number of hydrogen-bond acceptors (Lipinski definition) is 15. The fourth-order valence-corrected chi connectivity index (χ4v) is 7.86. The standard InChI is InChI=1S/C41H67NO14/c1-23(2)18-32(46)55-39-27(6)52-34(22-41(39,7)49)56-37-26(5)53-40(36(48)35(37)42(8)9)54-31-20-28(16-17-43)19-24(3)29(44)15-13-11-12-14-25(4)51-33(47)21-30(45)38(31)50-10/h11-13,15,17,23-28,30-31,34-40,45,48-49H,14,16,18-22H2,1-10H3. The Balaban J connectivity index is 1.88. The highest BCUT2D eigenvalue weighted by Gasteiger charge is 2.52. The van der Waals surface area contributed by atoms with Gasteiger partial charge in [-0.25, -0.2) is 0 Å². The molecule has 2 fully saturated rings. The monoisotopic (exact) mass is 797 g/mol. The second-order valence-electron chi connectivity index (χ2n) is 16.6. The van der Waals surface area contributed by atoms with Crippen LogP contribution in [-0.2, 0) is 52.3 Å². The van der Waals surface area contributed by atoms with Crippen molar-refractivity contribution in [2.45, 2.75) is 173 Å². The van der Waals surface area contributed by atoms with Crippen LogP contribution in [0.1, 0.15) is 93.4 Å². The van der Waals surface area contributed by atoms with Gasteiger partial charge in [-0.05, 0) is 72.5 Å². The number of rotatable bonds is 11. The van der Waals surface area contributed by atoms with Crippen LogP contribution in [0.25, 0.3) is 0 Å². The lowest BCUT2D eigenvalue weighted by atomic mass is 9.85. The number of ketones is 1. The molecule has 15 nitrogen and oxygen atoms in total. The molecule has 320 valence electrons. The number of nitrogens with zero attached hydrogens (tertiary/aromatic N) is 1. The number of esters is 2. The van der Waals surface area contributed by atoms with Gasteiger partial charge in [0.2, 0.25) is 0 Å². The molecule has 3 rings (SSSR count). The number of carbonyl (C=O) groups excluding carboxylic acids is 4. The van der Waals surface area contributed by atoms with E-state index in [0.717, 1.165) is 6.29 Å². The van der Waals surface area contributed by atoms with Gasteiger partial charge in [-0.2, -0.15) is 0 Å². The minimum Gasteiger partial charge on any atom is -0.462 e. The minimum atomic E-state index is -1.48. The van der Waals surface area contributed by atoms with E-state index in [1.165, 1.54) is 13.2 Å². The maximum atomic E-state index is 13.0. The molecule has 15 atom stereocenters. The van der Waals surface area contributed by atoms with Crippen molar-refractivity contribution in [1.29, 1.82) is 0 Å². The summed E-state index contributed by atoms with van der Waals surface area (Å²) in [6, 6.07) is -0.740. The van der Waals surface area contributed by atoms with Crippen LogP contribution in [0, 0.1) is 17.8 Å². The number of allylic oxidation sites excluding steroid dienone is 3. The summed E-state index contributed by atoms with van der Waals surface area (Å²) in [6.45, 7) is 12.3. The quantitative estimate of drug-likeness (QED) is 0.204. The van der Waals surface area contributed by atoms with Crippen LogP contribution in [-0.4, -0.2) is 145 Å². The van der Waals surface area contributed by atoms with Gasteiger partial charge in [-0.15, -0.1) is 0 Å². The molecule has 2 saturated heterocycles. The lowest BCUT2D eigenvalue weighted by Gasteiger charge is -2.50. The summed E-state index contributed by atoms with van der Waals surface area (Å²) in [5.41, 5.74) is -1.48. The molecule has 0 spiro atoms. The van der Waals surface area contributed by atoms with Crippen molar-refractivity contribution in [3.8, 4) is 0 Å². The summed E-state index contributed by atoms with van der Waals surface area (Å²) in [4.78, 5) is 52.0. The van der Waals surface area contributed by atoms with E-state index in [1.807, 2.05) is 13.8 Å². The van der Waals surface area contributed by atoms with Crippen LogP contribution in [0.2, 0.25) is 0 Å². The second kappa shape index (κ2) is 22.0. The SMILES string of the molecule is COC1C(O)CC(=O)OC(C)CC=CC=CC(=O)C(C)CC(CC=O)CC1OC1OC(C)C(OC2CC(C)(O)C(OC(=O)CC(C)C)C(C)O2)C(N(C)C)C1O. The third kappa shape index (κ3) is 13.8. The third-order valence-electron chi connectivity index (χ3n) is 10.7. The van der Waals surface area contributed by atoms with Crippen molar-refractivity contribution < 1.29 is 67.7 Å². The molecule has 15 unspecified atom stereocenters. The Morgan fingerprint density at radius 1 is 1.04 bits per heavy atom. The highest BCUT2D eigenvalue weighted by atomic mass is 16.7. The van der Waals surface area contributed by atoms with Crippen molar-refractivity contribution in [2.75, 3.05) is 21.2 Å². The molecule has 0 aromatic rings. The van der Waals surface area contributed by atoms with Crippen molar-refractivity contribution in [3.63, 3.8) is 0 Å². The molecular weight excluding hydrogens is 730 g/mol. The van der Waals surface area contributed by atoms with E-state index in [-0.39, 0.29) is 37.4 Å². The van der Waals surface area contributed by atoms with Gasteiger partial charge in [0.1, 0.15) is 36.3 Å². The Morgan fingerprint density at radius 2 is 1.73 bits per heavy atom. The van der Waals surface area contributed by atoms with Gasteiger partial charge < -0.3 is 58.2 Å². The van der Waals surface area contributed by atoms with Crippen LogP contribution in [0.15, 0.2) is 24.3 Å². The molecule has 3 aliphatic rings. The maximum Gasteiger partial charge on any atom is 0.308 e. The Kier molecular flexibility index (Phi) is 18.7. The lowest BCUT2D eigenvalue weighted by molar-refractivity contribution is -0.342. The minimum absolute atomic E-state index is 0.0294. The lowest BCUT2D eigenvalue weighted by Crippen LogP contribution is -2.65. The third-order valence-corrected chi connectivity index (χ3v) is 10.7. The Bertz CT molecular complexity index is 1330. The van der Waals surface area contributed by atoms with E-state index in [0.29, 0.717) is 12.8 Å². The molecular formula is C41H67NO14. The summed E-state index contributed by atoms with van der Waals surface area (Å²) >= 11 is 0. The Labute approximate surface area is 332 Å². The van der Waals surface area contributed by atoms with Crippen LogP contribution in [0.4, 0.5) is 0 Å². The highest BCUT2D eigenvalue weighted by molar-refractivity contribution is 5.91. The predicted molar refractivity (Wildman–Crippen MR) is 204 cm³/mol. The fraction of sp³-hybridized carbons (Fsp3) is 0.805. The van der Waals surface area contributed by atoms with E-state index in [9.17, 15) is 34.5 Å². The van der Waals surface area contributed by atoms with Crippen LogP contribution < -0.4 is 0 Å². The molecule has 0 saturated carbocycles. The first-order chi connectivity index (χ1) is 26.3. The average Bonchev–Trinajstić information content (AvgIpc) is 3.07. The zero-order valence-electron chi connectivity index (χ0n) is 34.8. The van der Waals surface area contributed by atoms with Gasteiger partial charge in [0.15, 0.2) is 24.5 Å². The molecule has 0 aromatic carbocycles. The molecule has 0 bridgehead atoms. The first-order valence-corrected chi connectivity index (χ1v) is 19.9. The summed E-state index contributed by atoms with van der Waals surface area (Å²) in [7, 11) is 4.88. The summed E-state index contributed by atoms with van der Waals surface area (Å²) in [5, 5.41) is 34.7. The van der Waals surface area contributed by atoms with Gasteiger partial charge >= 0.3 is 11.9 Å². The molecule has 0 aromatic heterocycles. The first kappa shape index (κ1) is 47.8. The van der Waals surface area contributed by atoms with Crippen molar-refractivity contribution in [2.24, 2.45) is 17.8 Å². The zero-order valence-corrected chi connectivity index (χ0v) is 34.8. The van der Waals surface area contributed by atoms with Crippen LogP contribution in [0.5, 0.6) is 0 Å². The van der Waals surface area contributed by atoms with Gasteiger partial charge in [-0.1, -0.05) is 39.0 Å². The van der Waals surface area contributed by atoms with Crippen molar-refractivity contribution >= 4 is 24.0 Å². The fourth-order valence-electron chi connectivity index (χ4n) is 7.86.